The number of aryl methyl sites for hydroxylation is 2. The number of esters is 1. The van der Waals surface area contributed by atoms with Crippen LogP contribution >= 0.6 is 15.9 Å². The second-order valence-corrected chi connectivity index (χ2v) is 5.38. The molecule has 0 amide bonds. The van der Waals surface area contributed by atoms with Crippen LogP contribution in [0.25, 0.3) is 11.1 Å². The first-order valence-electron chi connectivity index (χ1n) is 5.98. The molecule has 0 aliphatic carbocycles. The van der Waals surface area contributed by atoms with Crippen molar-refractivity contribution >= 4 is 21.9 Å². The van der Waals surface area contributed by atoms with Gasteiger partial charge < -0.3 is 4.74 Å². The van der Waals surface area contributed by atoms with Crippen LogP contribution in [-0.2, 0) is 4.74 Å². The van der Waals surface area contributed by atoms with Crippen molar-refractivity contribution in [1.82, 2.24) is 0 Å². The maximum atomic E-state index is 11.9. The van der Waals surface area contributed by atoms with Gasteiger partial charge in [0, 0.05) is 4.47 Å². The highest BCUT2D eigenvalue weighted by atomic mass is 79.9. The minimum atomic E-state index is -0.332. The fourth-order valence-electron chi connectivity index (χ4n) is 2.20. The van der Waals surface area contributed by atoms with Gasteiger partial charge >= 0.3 is 5.97 Å². The Morgan fingerprint density at radius 3 is 2.32 bits per heavy atom. The summed E-state index contributed by atoms with van der Waals surface area (Å²) in [5, 5.41) is 0. The maximum Gasteiger partial charge on any atom is 0.339 e. The molecule has 2 rings (SSSR count). The third-order valence-corrected chi connectivity index (χ3v) is 3.60. The number of ether oxygens (including phenoxy) is 1. The number of benzene rings is 2. The highest BCUT2D eigenvalue weighted by Gasteiger charge is 2.16. The molecule has 2 nitrogen and oxygen atoms in total. The summed E-state index contributed by atoms with van der Waals surface area (Å²) in [4.78, 5) is 11.9. The standard InChI is InChI=1S/C16H15BrO2/c1-10-7-11(2)9-12(8-10)13-5-4-6-14(17)15(13)16(18)19-3/h4-9H,1-3H3. The Kier molecular flexibility index (Phi) is 4.05. The van der Waals surface area contributed by atoms with E-state index in [0.29, 0.717) is 5.56 Å². The van der Waals surface area contributed by atoms with Gasteiger partial charge in [-0.05, 0) is 47.0 Å². The Balaban J connectivity index is 2.68. The first kappa shape index (κ1) is 13.8. The van der Waals surface area contributed by atoms with Crippen LogP contribution in [-0.4, -0.2) is 13.1 Å². The molecule has 0 N–H and O–H groups in total. The van der Waals surface area contributed by atoms with Crippen LogP contribution in [0, 0.1) is 13.8 Å². The fraction of sp³-hybridized carbons (Fsp3) is 0.188. The Morgan fingerprint density at radius 1 is 1.11 bits per heavy atom. The van der Waals surface area contributed by atoms with Gasteiger partial charge in [0.2, 0.25) is 0 Å². The molecular weight excluding hydrogens is 304 g/mol. The monoisotopic (exact) mass is 318 g/mol. The Labute approximate surface area is 121 Å². The predicted octanol–water partition coefficient (Wildman–Crippen LogP) is 4.52. The van der Waals surface area contributed by atoms with E-state index in [0.717, 1.165) is 15.6 Å². The molecule has 0 bridgehead atoms. The molecule has 3 heteroatoms. The maximum absolute atomic E-state index is 11.9. The van der Waals surface area contributed by atoms with E-state index in [-0.39, 0.29) is 5.97 Å². The molecule has 0 aromatic heterocycles. The van der Waals surface area contributed by atoms with Crippen LogP contribution in [0.2, 0.25) is 0 Å². The van der Waals surface area contributed by atoms with Crippen molar-refractivity contribution in [3.8, 4) is 11.1 Å². The van der Waals surface area contributed by atoms with Crippen LogP contribution in [0.3, 0.4) is 0 Å². The highest BCUT2D eigenvalue weighted by Crippen LogP contribution is 2.31. The number of methoxy groups -OCH3 is 1. The molecule has 0 aliphatic rings. The number of carbonyl (C=O) groups excluding carboxylic acids is 1. The normalized spacial score (nSPS) is 10.3. The minimum Gasteiger partial charge on any atom is -0.465 e. The van der Waals surface area contributed by atoms with Gasteiger partial charge in [0.15, 0.2) is 0 Å². The van der Waals surface area contributed by atoms with E-state index in [2.05, 4.69) is 34.1 Å². The van der Waals surface area contributed by atoms with E-state index < -0.39 is 0 Å². The second kappa shape index (κ2) is 5.57. The van der Waals surface area contributed by atoms with Gasteiger partial charge in [0.1, 0.15) is 0 Å². The lowest BCUT2D eigenvalue weighted by Crippen LogP contribution is -2.05. The molecule has 0 heterocycles. The summed E-state index contributed by atoms with van der Waals surface area (Å²) >= 11 is 3.42. The molecule has 2 aromatic carbocycles. The van der Waals surface area contributed by atoms with E-state index in [4.69, 9.17) is 4.74 Å². The zero-order chi connectivity index (χ0) is 14.0. The van der Waals surface area contributed by atoms with Gasteiger partial charge in [-0.1, -0.05) is 41.5 Å². The molecule has 0 fully saturated rings. The summed E-state index contributed by atoms with van der Waals surface area (Å²) < 4.78 is 5.62. The lowest BCUT2D eigenvalue weighted by atomic mass is 9.96. The van der Waals surface area contributed by atoms with Crippen LogP contribution in [0.5, 0.6) is 0 Å². The van der Waals surface area contributed by atoms with Crippen molar-refractivity contribution in [2.45, 2.75) is 13.8 Å². The summed E-state index contributed by atoms with van der Waals surface area (Å²) in [6.07, 6.45) is 0. The number of halogens is 1. The van der Waals surface area contributed by atoms with E-state index in [9.17, 15) is 4.79 Å². The topological polar surface area (TPSA) is 26.3 Å². The fourth-order valence-corrected chi connectivity index (χ4v) is 2.73. The van der Waals surface area contributed by atoms with Crippen molar-refractivity contribution in [2.24, 2.45) is 0 Å². The van der Waals surface area contributed by atoms with Crippen molar-refractivity contribution in [1.29, 1.82) is 0 Å². The zero-order valence-electron chi connectivity index (χ0n) is 11.2. The average Bonchev–Trinajstić information content (AvgIpc) is 2.36. The number of carbonyl (C=O) groups is 1. The predicted molar refractivity (Wildman–Crippen MR) is 80.4 cm³/mol. The first-order chi connectivity index (χ1) is 9.02. The molecule has 0 aliphatic heterocycles. The molecule has 98 valence electrons. The molecule has 0 radical (unpaired) electrons. The van der Waals surface area contributed by atoms with Gasteiger partial charge in [-0.25, -0.2) is 4.79 Å². The SMILES string of the molecule is COC(=O)c1c(Br)cccc1-c1cc(C)cc(C)c1. The first-order valence-corrected chi connectivity index (χ1v) is 6.77. The van der Waals surface area contributed by atoms with Crippen LogP contribution in [0.1, 0.15) is 21.5 Å². The van der Waals surface area contributed by atoms with Crippen molar-refractivity contribution in [2.75, 3.05) is 7.11 Å². The summed E-state index contributed by atoms with van der Waals surface area (Å²) in [5.41, 5.74) is 4.82. The molecule has 0 saturated carbocycles. The van der Waals surface area contributed by atoms with Crippen LogP contribution in [0.15, 0.2) is 40.9 Å². The molecule has 0 unspecified atom stereocenters. The van der Waals surface area contributed by atoms with Gasteiger partial charge in [-0.15, -0.1) is 0 Å². The quantitative estimate of drug-likeness (QED) is 0.761. The average molecular weight is 319 g/mol. The van der Waals surface area contributed by atoms with Gasteiger partial charge in [0.05, 0.1) is 12.7 Å². The lowest BCUT2D eigenvalue weighted by molar-refractivity contribution is 0.0600. The zero-order valence-corrected chi connectivity index (χ0v) is 12.7. The lowest BCUT2D eigenvalue weighted by Gasteiger charge is -2.11. The van der Waals surface area contributed by atoms with Crippen molar-refractivity contribution in [3.63, 3.8) is 0 Å². The summed E-state index contributed by atoms with van der Waals surface area (Å²) in [6.45, 7) is 4.10. The minimum absolute atomic E-state index is 0.332. The molecule has 0 saturated heterocycles. The van der Waals surface area contributed by atoms with Gasteiger partial charge in [0.25, 0.3) is 0 Å². The Bertz CT molecular complexity index is 612. The number of hydrogen-bond donors (Lipinski definition) is 0. The van der Waals surface area contributed by atoms with Gasteiger partial charge in [-0.3, -0.25) is 0 Å². The third kappa shape index (κ3) is 2.87. The summed E-state index contributed by atoms with van der Waals surface area (Å²) in [6, 6.07) is 12.0. The smallest absolute Gasteiger partial charge is 0.339 e. The molecule has 0 atom stereocenters. The molecule has 0 spiro atoms. The number of hydrogen-bond acceptors (Lipinski definition) is 2. The Morgan fingerprint density at radius 2 is 1.74 bits per heavy atom. The molecule has 19 heavy (non-hydrogen) atoms. The van der Waals surface area contributed by atoms with E-state index in [1.807, 2.05) is 32.0 Å². The van der Waals surface area contributed by atoms with E-state index in [1.54, 1.807) is 0 Å². The van der Waals surface area contributed by atoms with Crippen LogP contribution < -0.4 is 0 Å². The van der Waals surface area contributed by atoms with E-state index >= 15 is 0 Å². The van der Waals surface area contributed by atoms with E-state index in [1.165, 1.54) is 18.2 Å². The summed E-state index contributed by atoms with van der Waals surface area (Å²) in [5.74, 6) is -0.332. The Hall–Kier alpha value is -1.61. The summed E-state index contributed by atoms with van der Waals surface area (Å²) in [7, 11) is 1.40. The second-order valence-electron chi connectivity index (χ2n) is 4.53. The van der Waals surface area contributed by atoms with Crippen molar-refractivity contribution < 1.29 is 9.53 Å². The van der Waals surface area contributed by atoms with Crippen molar-refractivity contribution in [3.05, 3.63) is 57.6 Å². The molecular formula is C16H15BrO2. The highest BCUT2D eigenvalue weighted by molar-refractivity contribution is 9.10. The van der Waals surface area contributed by atoms with Crippen LogP contribution in [0.4, 0.5) is 0 Å². The number of rotatable bonds is 2. The third-order valence-electron chi connectivity index (χ3n) is 2.94. The molecule has 2 aromatic rings. The largest absolute Gasteiger partial charge is 0.465 e. The van der Waals surface area contributed by atoms with Gasteiger partial charge in [-0.2, -0.15) is 0 Å².